The molecule has 5 heteroatoms. The van der Waals surface area contributed by atoms with Crippen LogP contribution in [-0.4, -0.2) is 27.9 Å². The number of hydrogen-bond acceptors (Lipinski definition) is 3. The van der Waals surface area contributed by atoms with Crippen LogP contribution in [0.1, 0.15) is 23.7 Å². The van der Waals surface area contributed by atoms with Crippen molar-refractivity contribution in [3.8, 4) is 0 Å². The van der Waals surface area contributed by atoms with E-state index in [1.807, 2.05) is 0 Å². The summed E-state index contributed by atoms with van der Waals surface area (Å²) < 4.78 is 0. The van der Waals surface area contributed by atoms with Gasteiger partial charge in [0.15, 0.2) is 11.2 Å². The van der Waals surface area contributed by atoms with Crippen LogP contribution in [0, 0.1) is 5.41 Å². The summed E-state index contributed by atoms with van der Waals surface area (Å²) in [6.07, 6.45) is -0.568. The molecule has 90 valence electrons. The Bertz CT molecular complexity index is 435. The van der Waals surface area contributed by atoms with Gasteiger partial charge >= 0.3 is 11.9 Å². The molecule has 0 bridgehead atoms. The van der Waals surface area contributed by atoms with Crippen LogP contribution in [0.15, 0.2) is 30.3 Å². The first-order valence-electron chi connectivity index (χ1n) is 4.93. The standard InChI is InChI=1S/C12H12O5/c1-12(10(14)15,11(16)17)7-9(13)8-5-3-2-4-6-8/h2-6H,7H2,1H3,(H,14,15)(H,16,17). The highest BCUT2D eigenvalue weighted by molar-refractivity contribution is 6.06. The molecule has 17 heavy (non-hydrogen) atoms. The molecular formula is C12H12O5. The van der Waals surface area contributed by atoms with Crippen LogP contribution in [0.25, 0.3) is 0 Å². The Morgan fingerprint density at radius 1 is 1.06 bits per heavy atom. The molecule has 1 aromatic rings. The number of Topliss-reactive ketones (excluding diaryl/α,β-unsaturated/α-hetero) is 1. The fourth-order valence-corrected chi connectivity index (χ4v) is 1.29. The molecule has 0 aliphatic rings. The van der Waals surface area contributed by atoms with Crippen LogP contribution in [0.4, 0.5) is 0 Å². The zero-order valence-corrected chi connectivity index (χ0v) is 9.21. The van der Waals surface area contributed by atoms with Gasteiger partial charge in [0.2, 0.25) is 0 Å². The van der Waals surface area contributed by atoms with Gasteiger partial charge < -0.3 is 10.2 Å². The summed E-state index contributed by atoms with van der Waals surface area (Å²) in [5, 5.41) is 17.7. The fraction of sp³-hybridized carbons (Fsp3) is 0.250. The molecule has 0 saturated carbocycles. The third-order valence-electron chi connectivity index (χ3n) is 2.55. The number of carboxylic acid groups (broad SMARTS) is 2. The summed E-state index contributed by atoms with van der Waals surface area (Å²) in [6, 6.07) is 8.02. The minimum atomic E-state index is -2.09. The first kappa shape index (κ1) is 12.9. The maximum atomic E-state index is 11.7. The Balaban J connectivity index is 2.94. The number of carbonyl (C=O) groups excluding carboxylic acids is 1. The molecule has 1 rings (SSSR count). The maximum absolute atomic E-state index is 11.7. The largest absolute Gasteiger partial charge is 0.480 e. The molecule has 5 nitrogen and oxygen atoms in total. The van der Waals surface area contributed by atoms with E-state index in [0.717, 1.165) is 6.92 Å². The van der Waals surface area contributed by atoms with Gasteiger partial charge in [0, 0.05) is 12.0 Å². The molecule has 1 aromatic carbocycles. The van der Waals surface area contributed by atoms with E-state index in [-0.39, 0.29) is 0 Å². The monoisotopic (exact) mass is 236 g/mol. The average Bonchev–Trinajstić information content (AvgIpc) is 2.29. The molecule has 0 saturated heterocycles. The Labute approximate surface area is 97.7 Å². The lowest BCUT2D eigenvalue weighted by Gasteiger charge is -2.18. The summed E-state index contributed by atoms with van der Waals surface area (Å²) in [5.74, 6) is -3.54. The van der Waals surface area contributed by atoms with Gasteiger partial charge in [-0.05, 0) is 6.92 Å². The Kier molecular flexibility index (Phi) is 3.62. The first-order chi connectivity index (χ1) is 7.88. The molecular weight excluding hydrogens is 224 g/mol. The maximum Gasteiger partial charge on any atom is 0.321 e. The van der Waals surface area contributed by atoms with E-state index in [9.17, 15) is 14.4 Å². The predicted octanol–water partition coefficient (Wildman–Crippen LogP) is 1.43. The van der Waals surface area contributed by atoms with Crippen LogP contribution in [-0.2, 0) is 9.59 Å². The van der Waals surface area contributed by atoms with Gasteiger partial charge in [-0.1, -0.05) is 30.3 Å². The zero-order valence-electron chi connectivity index (χ0n) is 9.21. The van der Waals surface area contributed by atoms with Crippen molar-refractivity contribution in [3.63, 3.8) is 0 Å². The number of hydrogen-bond donors (Lipinski definition) is 2. The quantitative estimate of drug-likeness (QED) is 0.596. The molecule has 0 spiro atoms. The second kappa shape index (κ2) is 4.78. The van der Waals surface area contributed by atoms with Crippen molar-refractivity contribution < 1.29 is 24.6 Å². The van der Waals surface area contributed by atoms with E-state index in [1.54, 1.807) is 18.2 Å². The summed E-state index contributed by atoms with van der Waals surface area (Å²) in [6.45, 7) is 1.03. The minimum absolute atomic E-state index is 0.307. The van der Waals surface area contributed by atoms with Crippen LogP contribution in [0.3, 0.4) is 0 Å². The van der Waals surface area contributed by atoms with Crippen LogP contribution < -0.4 is 0 Å². The van der Waals surface area contributed by atoms with Crippen LogP contribution in [0.5, 0.6) is 0 Å². The van der Waals surface area contributed by atoms with Crippen molar-refractivity contribution in [1.29, 1.82) is 0 Å². The summed E-state index contributed by atoms with van der Waals surface area (Å²) in [4.78, 5) is 33.5. The molecule has 0 aromatic heterocycles. The normalized spacial score (nSPS) is 10.9. The summed E-state index contributed by atoms with van der Waals surface area (Å²) in [5.41, 5.74) is -1.78. The highest BCUT2D eigenvalue weighted by atomic mass is 16.4. The second-order valence-electron chi connectivity index (χ2n) is 3.91. The Morgan fingerprint density at radius 3 is 1.94 bits per heavy atom. The van der Waals surface area contributed by atoms with Crippen molar-refractivity contribution in [1.82, 2.24) is 0 Å². The summed E-state index contributed by atoms with van der Waals surface area (Å²) >= 11 is 0. The van der Waals surface area contributed by atoms with Crippen molar-refractivity contribution >= 4 is 17.7 Å². The van der Waals surface area contributed by atoms with Gasteiger partial charge in [0.1, 0.15) is 0 Å². The van der Waals surface area contributed by atoms with Gasteiger partial charge in [-0.25, -0.2) is 0 Å². The van der Waals surface area contributed by atoms with E-state index < -0.39 is 29.6 Å². The van der Waals surface area contributed by atoms with E-state index in [0.29, 0.717) is 5.56 Å². The number of carboxylic acids is 2. The molecule has 0 amide bonds. The molecule has 0 aliphatic heterocycles. The Hall–Kier alpha value is -2.17. The molecule has 0 unspecified atom stereocenters. The Morgan fingerprint density at radius 2 is 1.53 bits per heavy atom. The topological polar surface area (TPSA) is 91.7 Å². The lowest BCUT2D eigenvalue weighted by atomic mass is 9.83. The average molecular weight is 236 g/mol. The lowest BCUT2D eigenvalue weighted by Crippen LogP contribution is -2.38. The van der Waals surface area contributed by atoms with Crippen LogP contribution in [0.2, 0.25) is 0 Å². The second-order valence-corrected chi connectivity index (χ2v) is 3.91. The van der Waals surface area contributed by atoms with E-state index in [1.165, 1.54) is 12.1 Å². The lowest BCUT2D eigenvalue weighted by molar-refractivity contribution is -0.163. The minimum Gasteiger partial charge on any atom is -0.480 e. The SMILES string of the molecule is CC(CC(=O)c1ccccc1)(C(=O)O)C(=O)O. The van der Waals surface area contributed by atoms with E-state index in [4.69, 9.17) is 10.2 Å². The van der Waals surface area contributed by atoms with Crippen molar-refractivity contribution in [2.45, 2.75) is 13.3 Å². The molecule has 0 radical (unpaired) electrons. The molecule has 0 fully saturated rings. The van der Waals surface area contributed by atoms with Gasteiger partial charge in [-0.3, -0.25) is 14.4 Å². The first-order valence-corrected chi connectivity index (χ1v) is 4.93. The molecule has 0 heterocycles. The van der Waals surface area contributed by atoms with Crippen molar-refractivity contribution in [2.75, 3.05) is 0 Å². The fourth-order valence-electron chi connectivity index (χ4n) is 1.29. The predicted molar refractivity (Wildman–Crippen MR) is 58.8 cm³/mol. The third kappa shape index (κ3) is 2.69. The number of carbonyl (C=O) groups is 3. The molecule has 0 atom stereocenters. The van der Waals surface area contributed by atoms with Crippen LogP contribution >= 0.6 is 0 Å². The smallest absolute Gasteiger partial charge is 0.321 e. The number of rotatable bonds is 5. The number of aliphatic carboxylic acids is 2. The molecule has 0 aliphatic carbocycles. The van der Waals surface area contributed by atoms with Gasteiger partial charge in [0.05, 0.1) is 0 Å². The van der Waals surface area contributed by atoms with Crippen molar-refractivity contribution in [2.24, 2.45) is 5.41 Å². The van der Waals surface area contributed by atoms with Gasteiger partial charge in [-0.2, -0.15) is 0 Å². The number of ketones is 1. The van der Waals surface area contributed by atoms with Gasteiger partial charge in [0.25, 0.3) is 0 Å². The van der Waals surface area contributed by atoms with Gasteiger partial charge in [-0.15, -0.1) is 0 Å². The zero-order chi connectivity index (χ0) is 13.1. The summed E-state index contributed by atoms with van der Waals surface area (Å²) in [7, 11) is 0. The van der Waals surface area contributed by atoms with Crippen molar-refractivity contribution in [3.05, 3.63) is 35.9 Å². The third-order valence-corrected chi connectivity index (χ3v) is 2.55. The highest BCUT2D eigenvalue weighted by Gasteiger charge is 2.43. The highest BCUT2D eigenvalue weighted by Crippen LogP contribution is 2.24. The van der Waals surface area contributed by atoms with E-state index >= 15 is 0 Å². The molecule has 2 N–H and O–H groups in total. The number of benzene rings is 1. The van der Waals surface area contributed by atoms with E-state index in [2.05, 4.69) is 0 Å².